The van der Waals surface area contributed by atoms with Gasteiger partial charge in [-0.15, -0.1) is 0 Å². The van der Waals surface area contributed by atoms with Crippen LogP contribution in [0.2, 0.25) is 0 Å². The van der Waals surface area contributed by atoms with Gasteiger partial charge in [0.05, 0.1) is 0 Å². The second-order valence-corrected chi connectivity index (χ2v) is 4.31. The second-order valence-electron chi connectivity index (χ2n) is 4.31. The fourth-order valence-electron chi connectivity index (χ4n) is 1.41. The molecular weight excluding hydrogens is 190 g/mol. The van der Waals surface area contributed by atoms with Gasteiger partial charge < -0.3 is 9.88 Å². The van der Waals surface area contributed by atoms with Crippen LogP contribution in [-0.2, 0) is 0 Å². The van der Waals surface area contributed by atoms with Gasteiger partial charge in [-0.05, 0) is 27.7 Å². The number of anilines is 1. The molecule has 1 rings (SSSR count). The zero-order chi connectivity index (χ0) is 11.6. The average Bonchev–Trinajstić information content (AvgIpc) is 2.46. The molecule has 0 saturated carbocycles. The fraction of sp³-hybridized carbons (Fsp3) is 0.636. The van der Waals surface area contributed by atoms with Gasteiger partial charge in [-0.3, -0.25) is 4.79 Å². The predicted octanol–water partition coefficient (Wildman–Crippen LogP) is 2.49. The summed E-state index contributed by atoms with van der Waals surface area (Å²) in [4.78, 5) is 15.6. The molecule has 1 N–H and O–H groups in total. The van der Waals surface area contributed by atoms with Crippen molar-refractivity contribution in [3.63, 3.8) is 0 Å². The van der Waals surface area contributed by atoms with Crippen molar-refractivity contribution in [2.75, 3.05) is 5.32 Å². The SMILES string of the molecule is CC(=O)c1nc(NC(C)C)cn1C(C)C. The standard InChI is InChI=1S/C11H19N3O/c1-7(2)12-10-6-14(8(3)4)11(13-10)9(5)15/h6-8,12H,1-5H3. The fourth-order valence-corrected chi connectivity index (χ4v) is 1.41. The van der Waals surface area contributed by atoms with Gasteiger partial charge in [0.1, 0.15) is 5.82 Å². The van der Waals surface area contributed by atoms with E-state index in [1.807, 2.05) is 38.5 Å². The van der Waals surface area contributed by atoms with Crippen molar-refractivity contribution in [2.45, 2.75) is 46.7 Å². The van der Waals surface area contributed by atoms with E-state index in [4.69, 9.17) is 0 Å². The lowest BCUT2D eigenvalue weighted by Gasteiger charge is -2.08. The monoisotopic (exact) mass is 209 g/mol. The van der Waals surface area contributed by atoms with Crippen LogP contribution in [0.5, 0.6) is 0 Å². The van der Waals surface area contributed by atoms with Crippen molar-refractivity contribution in [3.05, 3.63) is 12.0 Å². The minimum absolute atomic E-state index is 0.000469. The molecule has 0 aliphatic carbocycles. The first-order chi connectivity index (χ1) is 6.91. The molecule has 0 aliphatic rings. The number of imidazole rings is 1. The summed E-state index contributed by atoms with van der Waals surface area (Å²) < 4.78 is 1.90. The van der Waals surface area contributed by atoms with E-state index in [0.717, 1.165) is 5.82 Å². The van der Waals surface area contributed by atoms with Gasteiger partial charge in [-0.25, -0.2) is 4.98 Å². The number of carbonyl (C=O) groups excluding carboxylic acids is 1. The highest BCUT2D eigenvalue weighted by molar-refractivity contribution is 5.91. The van der Waals surface area contributed by atoms with Crippen LogP contribution in [0.1, 0.15) is 51.3 Å². The minimum Gasteiger partial charge on any atom is -0.367 e. The molecule has 84 valence electrons. The topological polar surface area (TPSA) is 46.9 Å². The van der Waals surface area contributed by atoms with Crippen LogP contribution in [0.3, 0.4) is 0 Å². The number of rotatable bonds is 4. The van der Waals surface area contributed by atoms with Gasteiger partial charge in [0.25, 0.3) is 0 Å². The maximum Gasteiger partial charge on any atom is 0.195 e. The number of nitrogens with one attached hydrogen (secondary N) is 1. The molecule has 0 bridgehead atoms. The molecule has 0 atom stereocenters. The summed E-state index contributed by atoms with van der Waals surface area (Å²) in [7, 11) is 0. The van der Waals surface area contributed by atoms with E-state index in [-0.39, 0.29) is 11.8 Å². The molecule has 4 heteroatoms. The number of hydrogen-bond acceptors (Lipinski definition) is 3. The van der Waals surface area contributed by atoms with Crippen LogP contribution in [0, 0.1) is 0 Å². The largest absolute Gasteiger partial charge is 0.367 e. The van der Waals surface area contributed by atoms with Gasteiger partial charge in [-0.1, -0.05) is 0 Å². The lowest BCUT2D eigenvalue weighted by atomic mass is 10.3. The smallest absolute Gasteiger partial charge is 0.195 e. The third-order valence-electron chi connectivity index (χ3n) is 2.04. The Labute approximate surface area is 90.7 Å². The Balaban J connectivity index is 3.04. The second kappa shape index (κ2) is 4.47. The van der Waals surface area contributed by atoms with E-state index in [1.165, 1.54) is 0 Å². The van der Waals surface area contributed by atoms with Crippen molar-refractivity contribution in [3.8, 4) is 0 Å². The Morgan fingerprint density at radius 1 is 1.40 bits per heavy atom. The third-order valence-corrected chi connectivity index (χ3v) is 2.04. The first-order valence-electron chi connectivity index (χ1n) is 5.28. The lowest BCUT2D eigenvalue weighted by molar-refractivity contribution is 0.0998. The number of hydrogen-bond donors (Lipinski definition) is 1. The summed E-state index contributed by atoms with van der Waals surface area (Å²) in [6, 6.07) is 0.569. The third kappa shape index (κ3) is 2.81. The number of Topliss-reactive ketones (excluding diaryl/α,β-unsaturated/α-hetero) is 1. The molecule has 0 saturated heterocycles. The van der Waals surface area contributed by atoms with Crippen molar-refractivity contribution >= 4 is 11.6 Å². The highest BCUT2D eigenvalue weighted by Gasteiger charge is 2.14. The maximum atomic E-state index is 11.4. The molecule has 15 heavy (non-hydrogen) atoms. The van der Waals surface area contributed by atoms with Crippen LogP contribution in [0.15, 0.2) is 6.20 Å². The van der Waals surface area contributed by atoms with Crippen LogP contribution >= 0.6 is 0 Å². The van der Waals surface area contributed by atoms with Crippen molar-refractivity contribution in [1.82, 2.24) is 9.55 Å². The van der Waals surface area contributed by atoms with E-state index < -0.39 is 0 Å². The molecule has 0 aliphatic heterocycles. The zero-order valence-corrected chi connectivity index (χ0v) is 10.0. The van der Waals surface area contributed by atoms with Crippen molar-refractivity contribution in [2.24, 2.45) is 0 Å². The summed E-state index contributed by atoms with van der Waals surface area (Å²) in [6.07, 6.45) is 1.89. The maximum absolute atomic E-state index is 11.4. The molecule has 0 amide bonds. The number of nitrogens with zero attached hydrogens (tertiary/aromatic N) is 2. The first-order valence-corrected chi connectivity index (χ1v) is 5.28. The van der Waals surface area contributed by atoms with Crippen LogP contribution in [0.25, 0.3) is 0 Å². The van der Waals surface area contributed by atoms with E-state index in [0.29, 0.717) is 11.9 Å². The van der Waals surface area contributed by atoms with E-state index >= 15 is 0 Å². The Morgan fingerprint density at radius 2 is 2.00 bits per heavy atom. The molecule has 1 aromatic heterocycles. The quantitative estimate of drug-likeness (QED) is 0.775. The Kier molecular flexibility index (Phi) is 3.50. The van der Waals surface area contributed by atoms with Gasteiger partial charge in [0, 0.05) is 25.2 Å². The summed E-state index contributed by atoms with van der Waals surface area (Å²) in [5.74, 6) is 1.29. The van der Waals surface area contributed by atoms with Crippen LogP contribution < -0.4 is 5.32 Å². The van der Waals surface area contributed by atoms with Gasteiger partial charge >= 0.3 is 0 Å². The lowest BCUT2D eigenvalue weighted by Crippen LogP contribution is -2.10. The van der Waals surface area contributed by atoms with Crippen LogP contribution in [0.4, 0.5) is 5.82 Å². The number of ketones is 1. The average molecular weight is 209 g/mol. The molecule has 0 radical (unpaired) electrons. The summed E-state index contributed by atoms with van der Waals surface area (Å²) in [6.45, 7) is 9.70. The van der Waals surface area contributed by atoms with E-state index in [2.05, 4.69) is 10.3 Å². The molecule has 4 nitrogen and oxygen atoms in total. The Bertz CT molecular complexity index is 353. The van der Waals surface area contributed by atoms with Crippen molar-refractivity contribution in [1.29, 1.82) is 0 Å². The molecule has 0 aromatic carbocycles. The molecule has 0 unspecified atom stereocenters. The zero-order valence-electron chi connectivity index (χ0n) is 10.0. The first kappa shape index (κ1) is 11.8. The van der Waals surface area contributed by atoms with Crippen molar-refractivity contribution < 1.29 is 4.79 Å². The number of aromatic nitrogens is 2. The highest BCUT2D eigenvalue weighted by atomic mass is 16.1. The molecule has 0 spiro atoms. The van der Waals surface area contributed by atoms with E-state index in [9.17, 15) is 4.79 Å². The normalized spacial score (nSPS) is 11.1. The molecule has 1 heterocycles. The van der Waals surface area contributed by atoms with Gasteiger partial charge in [-0.2, -0.15) is 0 Å². The molecule has 0 fully saturated rings. The van der Waals surface area contributed by atoms with Crippen LogP contribution in [-0.4, -0.2) is 21.4 Å². The van der Waals surface area contributed by atoms with E-state index in [1.54, 1.807) is 6.92 Å². The Morgan fingerprint density at radius 3 is 2.33 bits per heavy atom. The van der Waals surface area contributed by atoms with Gasteiger partial charge in [0.15, 0.2) is 11.6 Å². The number of carbonyl (C=O) groups is 1. The highest BCUT2D eigenvalue weighted by Crippen LogP contribution is 2.15. The summed E-state index contributed by atoms with van der Waals surface area (Å²) >= 11 is 0. The van der Waals surface area contributed by atoms with Gasteiger partial charge in [0.2, 0.25) is 0 Å². The molecule has 1 aromatic rings. The molecular formula is C11H19N3O. The predicted molar refractivity (Wildman–Crippen MR) is 61.4 cm³/mol. The minimum atomic E-state index is 0.000469. The summed E-state index contributed by atoms with van der Waals surface area (Å²) in [5.41, 5.74) is 0. The summed E-state index contributed by atoms with van der Waals surface area (Å²) in [5, 5.41) is 3.19. The Hall–Kier alpha value is -1.32.